The highest BCUT2D eigenvalue weighted by atomic mass is 32.1. The lowest BCUT2D eigenvalue weighted by Crippen LogP contribution is -2.67. The molecule has 2 atom stereocenters. The molecular weight excluding hydrogens is 166 g/mol. The molecule has 2 amide bonds. The minimum absolute atomic E-state index is 0.144. The van der Waals surface area contributed by atoms with Gasteiger partial charge in [-0.2, -0.15) is 0 Å². The number of amides is 2. The van der Waals surface area contributed by atoms with Gasteiger partial charge in [0.1, 0.15) is 12.3 Å². The molecule has 6 nitrogen and oxygen atoms in total. The standard InChI is InChI=1S/C4H7N5OS/c10-3-5-1-2(6-3)8-9-4(11)7-1/h1-2,8H,(H2,5,6,10)(H2,7,9,11)/t1-,2-/m1/s1. The monoisotopic (exact) mass is 173 g/mol. The smallest absolute Gasteiger partial charge is 0.317 e. The molecule has 60 valence electrons. The topological polar surface area (TPSA) is 77.2 Å². The molecule has 2 rings (SSSR count). The van der Waals surface area contributed by atoms with Crippen molar-refractivity contribution in [3.8, 4) is 0 Å². The zero-order chi connectivity index (χ0) is 7.84. The van der Waals surface area contributed by atoms with E-state index in [4.69, 9.17) is 12.2 Å². The van der Waals surface area contributed by atoms with Gasteiger partial charge in [-0.3, -0.25) is 5.43 Å². The summed E-state index contributed by atoms with van der Waals surface area (Å²) in [6.45, 7) is 0. The zero-order valence-corrected chi connectivity index (χ0v) is 6.29. The van der Waals surface area contributed by atoms with Crippen LogP contribution in [0.15, 0.2) is 0 Å². The van der Waals surface area contributed by atoms with Crippen molar-refractivity contribution in [1.29, 1.82) is 0 Å². The van der Waals surface area contributed by atoms with Crippen LogP contribution in [0.3, 0.4) is 0 Å². The molecule has 0 saturated carbocycles. The first-order valence-electron chi connectivity index (χ1n) is 3.15. The lowest BCUT2D eigenvalue weighted by atomic mass is 10.4. The molecular formula is C4H7N5OS. The number of nitrogens with one attached hydrogen (secondary N) is 5. The van der Waals surface area contributed by atoms with E-state index in [-0.39, 0.29) is 18.4 Å². The molecule has 2 heterocycles. The van der Waals surface area contributed by atoms with Crippen molar-refractivity contribution < 1.29 is 4.79 Å². The fraction of sp³-hybridized carbons (Fsp3) is 0.500. The van der Waals surface area contributed by atoms with Crippen LogP contribution in [0.25, 0.3) is 0 Å². The van der Waals surface area contributed by atoms with E-state index in [0.29, 0.717) is 5.11 Å². The van der Waals surface area contributed by atoms with E-state index in [1.54, 1.807) is 0 Å². The summed E-state index contributed by atoms with van der Waals surface area (Å²) in [5.74, 6) is 0. The van der Waals surface area contributed by atoms with Gasteiger partial charge in [0.05, 0.1) is 0 Å². The fourth-order valence-corrected chi connectivity index (χ4v) is 1.24. The van der Waals surface area contributed by atoms with Crippen LogP contribution in [0.4, 0.5) is 4.79 Å². The normalized spacial score (nSPS) is 34.5. The number of hydrazine groups is 1. The third-order valence-corrected chi connectivity index (χ3v) is 1.75. The van der Waals surface area contributed by atoms with Crippen LogP contribution in [0.5, 0.6) is 0 Å². The molecule has 0 bridgehead atoms. The summed E-state index contributed by atoms with van der Waals surface area (Å²) < 4.78 is 0. The highest BCUT2D eigenvalue weighted by Crippen LogP contribution is 1.96. The maximum Gasteiger partial charge on any atom is 0.317 e. The van der Waals surface area contributed by atoms with Crippen LogP contribution >= 0.6 is 12.2 Å². The number of urea groups is 1. The van der Waals surface area contributed by atoms with Gasteiger partial charge in [-0.15, -0.1) is 0 Å². The van der Waals surface area contributed by atoms with Gasteiger partial charge in [0.15, 0.2) is 5.11 Å². The molecule has 0 aromatic heterocycles. The van der Waals surface area contributed by atoms with Gasteiger partial charge in [-0.1, -0.05) is 0 Å². The van der Waals surface area contributed by atoms with Gasteiger partial charge in [-0.25, -0.2) is 10.2 Å². The summed E-state index contributed by atoms with van der Waals surface area (Å²) in [4.78, 5) is 10.7. The Kier molecular flexibility index (Phi) is 1.33. The van der Waals surface area contributed by atoms with Crippen LogP contribution < -0.4 is 26.8 Å². The highest BCUT2D eigenvalue weighted by Gasteiger charge is 2.34. The summed E-state index contributed by atoms with van der Waals surface area (Å²) in [5.41, 5.74) is 5.50. The molecule has 0 aromatic carbocycles. The van der Waals surface area contributed by atoms with Crippen LogP contribution in [0.2, 0.25) is 0 Å². The molecule has 11 heavy (non-hydrogen) atoms. The summed E-state index contributed by atoms with van der Waals surface area (Å²) in [6, 6.07) is -0.202. The molecule has 0 aromatic rings. The predicted molar refractivity (Wildman–Crippen MR) is 41.2 cm³/mol. The largest absolute Gasteiger partial charge is 0.339 e. The minimum atomic E-state index is -0.202. The van der Waals surface area contributed by atoms with Crippen LogP contribution in [0, 0.1) is 0 Å². The molecule has 0 unspecified atom stereocenters. The van der Waals surface area contributed by atoms with Gasteiger partial charge in [0.2, 0.25) is 0 Å². The Bertz CT molecular complexity index is 217. The number of carbonyl (C=O) groups is 1. The van der Waals surface area contributed by atoms with Crippen molar-refractivity contribution in [2.45, 2.75) is 12.3 Å². The number of rotatable bonds is 0. The predicted octanol–water partition coefficient (Wildman–Crippen LogP) is -2.07. The van der Waals surface area contributed by atoms with Crippen molar-refractivity contribution in [3.63, 3.8) is 0 Å². The summed E-state index contributed by atoms with van der Waals surface area (Å²) in [7, 11) is 0. The average Bonchev–Trinajstić information content (AvgIpc) is 2.27. The van der Waals surface area contributed by atoms with Crippen LogP contribution in [-0.4, -0.2) is 23.5 Å². The second-order valence-corrected chi connectivity index (χ2v) is 2.72. The van der Waals surface area contributed by atoms with Crippen LogP contribution in [-0.2, 0) is 0 Å². The molecule has 0 spiro atoms. The molecule has 2 saturated heterocycles. The lowest BCUT2D eigenvalue weighted by Gasteiger charge is -2.28. The Morgan fingerprint density at radius 1 is 1.18 bits per heavy atom. The van der Waals surface area contributed by atoms with Gasteiger partial charge >= 0.3 is 6.03 Å². The van der Waals surface area contributed by atoms with Crippen molar-refractivity contribution >= 4 is 23.4 Å². The minimum Gasteiger partial charge on any atom is -0.339 e. The molecule has 2 aliphatic heterocycles. The molecule has 2 fully saturated rings. The highest BCUT2D eigenvalue weighted by molar-refractivity contribution is 7.80. The van der Waals surface area contributed by atoms with Gasteiger partial charge < -0.3 is 16.0 Å². The number of carbonyl (C=O) groups excluding carboxylic acids is 1. The second kappa shape index (κ2) is 2.21. The van der Waals surface area contributed by atoms with Gasteiger partial charge in [0.25, 0.3) is 0 Å². The first-order valence-corrected chi connectivity index (χ1v) is 3.55. The SMILES string of the molecule is O=C1N[C@@H]2NC(=S)NN[C@H]2N1. The number of hydrogen-bond donors (Lipinski definition) is 5. The van der Waals surface area contributed by atoms with E-state index >= 15 is 0 Å². The van der Waals surface area contributed by atoms with E-state index in [1.165, 1.54) is 0 Å². The van der Waals surface area contributed by atoms with E-state index < -0.39 is 0 Å². The quantitative estimate of drug-likeness (QED) is 0.272. The van der Waals surface area contributed by atoms with E-state index in [2.05, 4.69) is 26.8 Å². The Morgan fingerprint density at radius 3 is 2.73 bits per heavy atom. The first-order chi connectivity index (χ1) is 5.25. The maximum absolute atomic E-state index is 10.7. The van der Waals surface area contributed by atoms with Crippen molar-refractivity contribution in [3.05, 3.63) is 0 Å². The summed E-state index contributed by atoms with van der Waals surface area (Å²) >= 11 is 4.80. The Morgan fingerprint density at radius 2 is 1.91 bits per heavy atom. The first kappa shape index (κ1) is 6.62. The maximum atomic E-state index is 10.7. The summed E-state index contributed by atoms with van der Waals surface area (Å²) in [6.07, 6.45) is -0.301. The van der Waals surface area contributed by atoms with Crippen molar-refractivity contribution in [2.24, 2.45) is 0 Å². The second-order valence-electron chi connectivity index (χ2n) is 2.32. The Hall–Kier alpha value is -1.08. The molecule has 0 aliphatic carbocycles. The number of hydrogen-bond acceptors (Lipinski definition) is 3. The van der Waals surface area contributed by atoms with Crippen molar-refractivity contribution in [1.82, 2.24) is 26.8 Å². The Labute approximate surface area is 68.1 Å². The molecule has 2 aliphatic rings. The number of thiocarbonyl (C=S) groups is 1. The van der Waals surface area contributed by atoms with Gasteiger partial charge in [0, 0.05) is 0 Å². The zero-order valence-electron chi connectivity index (χ0n) is 5.47. The molecule has 5 N–H and O–H groups in total. The van der Waals surface area contributed by atoms with Crippen LogP contribution in [0.1, 0.15) is 0 Å². The van der Waals surface area contributed by atoms with E-state index in [1.807, 2.05) is 0 Å². The number of fused-ring (bicyclic) bond motifs is 1. The molecule has 7 heteroatoms. The third kappa shape index (κ3) is 1.08. The lowest BCUT2D eigenvalue weighted by molar-refractivity contribution is 0.246. The fourth-order valence-electron chi connectivity index (χ4n) is 1.05. The van der Waals surface area contributed by atoms with Crippen molar-refractivity contribution in [2.75, 3.05) is 0 Å². The average molecular weight is 173 g/mol. The third-order valence-electron chi connectivity index (χ3n) is 1.53. The Balaban J connectivity index is 2.08. The molecule has 0 radical (unpaired) electrons. The van der Waals surface area contributed by atoms with E-state index in [0.717, 1.165) is 0 Å². The summed E-state index contributed by atoms with van der Waals surface area (Å²) in [5, 5.41) is 8.62. The van der Waals surface area contributed by atoms with Gasteiger partial charge in [-0.05, 0) is 12.2 Å². The van der Waals surface area contributed by atoms with E-state index in [9.17, 15) is 4.79 Å².